The number of hydrogen-bond donors (Lipinski definition) is 1. The third-order valence-corrected chi connectivity index (χ3v) is 6.40. The number of rotatable bonds is 8. The molecule has 3 heterocycles. The highest BCUT2D eigenvalue weighted by molar-refractivity contribution is 6.30. The van der Waals surface area contributed by atoms with Gasteiger partial charge in [0.15, 0.2) is 11.5 Å². The maximum atomic E-state index is 11.0. The first-order chi connectivity index (χ1) is 17.5. The van der Waals surface area contributed by atoms with E-state index in [1.54, 1.807) is 37.5 Å². The summed E-state index contributed by atoms with van der Waals surface area (Å²) in [5, 5.41) is 14.0. The zero-order chi connectivity index (χ0) is 25.2. The molecule has 5 rings (SSSR count). The van der Waals surface area contributed by atoms with Crippen molar-refractivity contribution in [1.82, 2.24) is 19.3 Å². The molecule has 0 spiro atoms. The first-order valence-electron chi connectivity index (χ1n) is 11.4. The Bertz CT molecular complexity index is 1400. The van der Waals surface area contributed by atoms with Gasteiger partial charge in [-0.1, -0.05) is 23.7 Å². The molecule has 0 fully saturated rings. The lowest BCUT2D eigenvalue weighted by atomic mass is 9.98. The Morgan fingerprint density at radius 1 is 1.19 bits per heavy atom. The van der Waals surface area contributed by atoms with E-state index in [9.17, 15) is 4.79 Å². The smallest absolute Gasteiger partial charge is 0.307 e. The Kier molecular flexibility index (Phi) is 6.67. The molecule has 1 N–H and O–H groups in total. The lowest BCUT2D eigenvalue weighted by Crippen LogP contribution is -2.15. The second-order valence-corrected chi connectivity index (χ2v) is 8.85. The number of halogens is 1. The number of aliphatic carboxylic acids is 1. The molecule has 1 aliphatic rings. The molecular weight excluding hydrogens is 484 g/mol. The van der Waals surface area contributed by atoms with Crippen molar-refractivity contribution in [3.05, 3.63) is 88.7 Å². The predicted octanol–water partition coefficient (Wildman–Crippen LogP) is 4.62. The molecule has 1 aliphatic heterocycles. The molecule has 2 aromatic carbocycles. The molecule has 0 bridgehead atoms. The summed E-state index contributed by atoms with van der Waals surface area (Å²) in [6.45, 7) is 0.510. The molecule has 2 atom stereocenters. The van der Waals surface area contributed by atoms with Crippen LogP contribution < -0.4 is 9.47 Å². The van der Waals surface area contributed by atoms with Crippen molar-refractivity contribution < 1.29 is 24.1 Å². The number of aromatic nitrogens is 4. The summed E-state index contributed by atoms with van der Waals surface area (Å²) in [7, 11) is 3.20. The molecule has 4 aromatic rings. The number of nitrogens with zero attached hydrogens (tertiary/aromatic N) is 4. The number of carbonyl (C=O) groups is 1. The van der Waals surface area contributed by atoms with E-state index in [0.717, 1.165) is 22.6 Å². The maximum Gasteiger partial charge on any atom is 0.307 e. The second kappa shape index (κ2) is 10.0. The highest BCUT2D eigenvalue weighted by Crippen LogP contribution is 2.46. The average molecular weight is 509 g/mol. The normalized spacial score (nSPS) is 16.6. The van der Waals surface area contributed by atoms with Gasteiger partial charge in [-0.15, -0.1) is 0 Å². The largest absolute Gasteiger partial charge is 0.493 e. The van der Waals surface area contributed by atoms with Crippen LogP contribution in [0.3, 0.4) is 0 Å². The standard InChI is InChI=1S/C26H25ClN4O5/c1-34-21-5-3-4-18(25(21)35-2)24-19-13-17(27)6-7-20(19)31-11-9-28-26(31)22(36-24)8-10-30-15-16(14-29-30)12-23(32)33/h3-7,9,11,13-15,22,24H,8,10,12H2,1-2H3,(H,32,33)/t22-,24-/m1/s1. The van der Waals surface area contributed by atoms with Crippen LogP contribution in [0, 0.1) is 0 Å². The van der Waals surface area contributed by atoms with Crippen LogP contribution in [-0.2, 0) is 22.5 Å². The number of carboxylic acid groups (broad SMARTS) is 1. The van der Waals surface area contributed by atoms with Gasteiger partial charge >= 0.3 is 5.97 Å². The molecule has 186 valence electrons. The van der Waals surface area contributed by atoms with Crippen molar-refractivity contribution in [2.75, 3.05) is 14.2 Å². The highest BCUT2D eigenvalue weighted by Gasteiger charge is 2.33. The number of para-hydroxylation sites is 1. The number of hydrogen-bond acceptors (Lipinski definition) is 6. The van der Waals surface area contributed by atoms with Gasteiger partial charge in [-0.05, 0) is 24.3 Å². The van der Waals surface area contributed by atoms with Crippen molar-refractivity contribution >= 4 is 17.6 Å². The minimum atomic E-state index is -0.893. The van der Waals surface area contributed by atoms with Crippen molar-refractivity contribution in [3.63, 3.8) is 0 Å². The SMILES string of the molecule is COc1cccc([C@H]2O[C@H](CCn3cc(CC(=O)O)cn3)c3nccn3-c3ccc(Cl)cc32)c1OC. The Hall–Kier alpha value is -3.82. The van der Waals surface area contributed by atoms with Crippen LogP contribution in [0.1, 0.15) is 41.1 Å². The molecule has 9 nitrogen and oxygen atoms in total. The summed E-state index contributed by atoms with van der Waals surface area (Å²) >= 11 is 6.44. The number of methoxy groups -OCH3 is 2. The van der Waals surface area contributed by atoms with Crippen molar-refractivity contribution in [2.45, 2.75) is 31.6 Å². The van der Waals surface area contributed by atoms with Crippen LogP contribution >= 0.6 is 11.6 Å². The van der Waals surface area contributed by atoms with Crippen LogP contribution in [0.4, 0.5) is 0 Å². The van der Waals surface area contributed by atoms with E-state index >= 15 is 0 Å². The third kappa shape index (κ3) is 4.55. The fourth-order valence-corrected chi connectivity index (χ4v) is 4.79. The van der Waals surface area contributed by atoms with Crippen LogP contribution in [0.15, 0.2) is 61.2 Å². The van der Waals surface area contributed by atoms with Gasteiger partial charge in [0, 0.05) is 53.3 Å². The minimum absolute atomic E-state index is 0.0713. The molecule has 0 saturated carbocycles. The van der Waals surface area contributed by atoms with Gasteiger partial charge in [0.25, 0.3) is 0 Å². The van der Waals surface area contributed by atoms with Gasteiger partial charge in [0.05, 0.1) is 32.5 Å². The lowest BCUT2D eigenvalue weighted by molar-refractivity contribution is -0.136. The van der Waals surface area contributed by atoms with Crippen LogP contribution in [0.2, 0.25) is 5.02 Å². The minimum Gasteiger partial charge on any atom is -0.493 e. The summed E-state index contributed by atoms with van der Waals surface area (Å²) in [6, 6.07) is 11.4. The Morgan fingerprint density at radius 3 is 2.83 bits per heavy atom. The first-order valence-corrected chi connectivity index (χ1v) is 11.8. The Balaban J connectivity index is 1.55. The van der Waals surface area contributed by atoms with Gasteiger partial charge in [0.2, 0.25) is 0 Å². The summed E-state index contributed by atoms with van der Waals surface area (Å²) < 4.78 is 21.8. The number of carboxylic acids is 1. The zero-order valence-corrected chi connectivity index (χ0v) is 20.6. The molecule has 0 unspecified atom stereocenters. The number of ether oxygens (including phenoxy) is 3. The average Bonchev–Trinajstić information content (AvgIpc) is 3.51. The summed E-state index contributed by atoms with van der Waals surface area (Å²) in [5.41, 5.74) is 3.23. The summed E-state index contributed by atoms with van der Waals surface area (Å²) in [5.74, 6) is 1.04. The fourth-order valence-electron chi connectivity index (χ4n) is 4.61. The van der Waals surface area contributed by atoms with Crippen LogP contribution in [0.5, 0.6) is 11.5 Å². The first kappa shape index (κ1) is 23.9. The van der Waals surface area contributed by atoms with E-state index in [4.69, 9.17) is 30.9 Å². The van der Waals surface area contributed by atoms with Crippen LogP contribution in [0.25, 0.3) is 5.69 Å². The highest BCUT2D eigenvalue weighted by atomic mass is 35.5. The molecule has 0 radical (unpaired) electrons. The zero-order valence-electron chi connectivity index (χ0n) is 19.8. The second-order valence-electron chi connectivity index (χ2n) is 8.42. The monoisotopic (exact) mass is 508 g/mol. The fraction of sp³-hybridized carbons (Fsp3) is 0.269. The molecule has 10 heteroatoms. The number of benzene rings is 2. The van der Waals surface area contributed by atoms with E-state index in [1.807, 2.05) is 47.2 Å². The number of aryl methyl sites for hydroxylation is 1. The van der Waals surface area contributed by atoms with Gasteiger partial charge in [0.1, 0.15) is 18.0 Å². The molecule has 2 aromatic heterocycles. The van der Waals surface area contributed by atoms with Gasteiger partial charge in [-0.3, -0.25) is 9.48 Å². The summed E-state index contributed by atoms with van der Waals surface area (Å²) in [6.07, 6.45) is 6.53. The third-order valence-electron chi connectivity index (χ3n) is 6.17. The van der Waals surface area contributed by atoms with Gasteiger partial charge < -0.3 is 23.9 Å². The predicted molar refractivity (Wildman–Crippen MR) is 132 cm³/mol. The van der Waals surface area contributed by atoms with Gasteiger partial charge in [-0.2, -0.15) is 5.10 Å². The molecule has 0 saturated heterocycles. The topological polar surface area (TPSA) is 101 Å². The van der Waals surface area contributed by atoms with Crippen LogP contribution in [-0.4, -0.2) is 44.6 Å². The van der Waals surface area contributed by atoms with Crippen molar-refractivity contribution in [2.24, 2.45) is 0 Å². The number of fused-ring (bicyclic) bond motifs is 3. The Morgan fingerprint density at radius 2 is 2.06 bits per heavy atom. The molecule has 36 heavy (non-hydrogen) atoms. The quantitative estimate of drug-likeness (QED) is 0.370. The summed E-state index contributed by atoms with van der Waals surface area (Å²) in [4.78, 5) is 15.7. The van der Waals surface area contributed by atoms with E-state index in [-0.39, 0.29) is 6.42 Å². The molecular formula is C26H25ClN4O5. The molecule has 0 amide bonds. The van der Waals surface area contributed by atoms with E-state index in [0.29, 0.717) is 35.1 Å². The van der Waals surface area contributed by atoms with Crippen molar-refractivity contribution in [3.8, 4) is 17.2 Å². The van der Waals surface area contributed by atoms with E-state index in [1.165, 1.54) is 0 Å². The maximum absolute atomic E-state index is 11.0. The van der Waals surface area contributed by atoms with E-state index < -0.39 is 18.2 Å². The van der Waals surface area contributed by atoms with Crippen molar-refractivity contribution in [1.29, 1.82) is 0 Å². The van der Waals surface area contributed by atoms with E-state index in [2.05, 4.69) is 10.1 Å². The molecule has 0 aliphatic carbocycles. The lowest BCUT2D eigenvalue weighted by Gasteiger charge is -2.25. The van der Waals surface area contributed by atoms with Gasteiger partial charge in [-0.25, -0.2) is 4.98 Å². The Labute approximate surface area is 212 Å². The number of imidazole rings is 1.